The van der Waals surface area contributed by atoms with E-state index in [9.17, 15) is 4.79 Å². The Morgan fingerprint density at radius 1 is 1.03 bits per heavy atom. The minimum absolute atomic E-state index is 0. The molecule has 2 heterocycles. The first-order chi connectivity index (χ1) is 15.5. The van der Waals surface area contributed by atoms with Gasteiger partial charge in [-0.25, -0.2) is 4.98 Å². The average molecular weight is 462 g/mol. The Kier molecular flexibility index (Phi) is 6.43. The highest BCUT2D eigenvalue weighted by Crippen LogP contribution is 2.31. The number of fused-ring (bicyclic) bond motifs is 2. The summed E-state index contributed by atoms with van der Waals surface area (Å²) in [6, 6.07) is 20.4. The topological polar surface area (TPSA) is 58.2 Å². The first-order valence-electron chi connectivity index (χ1n) is 11.1. The number of aromatic nitrogens is 2. The lowest BCUT2D eigenvalue weighted by molar-refractivity contribution is 0.0733. The molecule has 0 atom stereocenters. The predicted octanol–water partition coefficient (Wildman–Crippen LogP) is 6.12. The summed E-state index contributed by atoms with van der Waals surface area (Å²) in [6.45, 7) is 7.85. The van der Waals surface area contributed by atoms with E-state index in [1.54, 1.807) is 0 Å². The molecule has 3 aromatic carbocycles. The van der Waals surface area contributed by atoms with Crippen LogP contribution in [0.5, 0.6) is 5.75 Å². The summed E-state index contributed by atoms with van der Waals surface area (Å²) in [5, 5.41) is 0. The Morgan fingerprint density at radius 2 is 1.76 bits per heavy atom. The smallest absolute Gasteiger partial charge is 0.254 e. The Labute approximate surface area is 200 Å². The number of aryl methyl sites for hydroxylation is 1. The van der Waals surface area contributed by atoms with E-state index in [0.29, 0.717) is 31.2 Å². The first-order valence-corrected chi connectivity index (χ1v) is 11.1. The number of hydrogen-bond donors (Lipinski definition) is 1. The third kappa shape index (κ3) is 4.60. The van der Waals surface area contributed by atoms with Gasteiger partial charge in [-0.3, -0.25) is 4.79 Å². The van der Waals surface area contributed by atoms with Crippen LogP contribution in [0.15, 0.2) is 60.7 Å². The summed E-state index contributed by atoms with van der Waals surface area (Å²) in [5.41, 5.74) is 7.16. The fourth-order valence-electron chi connectivity index (χ4n) is 4.26. The van der Waals surface area contributed by atoms with Gasteiger partial charge < -0.3 is 14.6 Å². The van der Waals surface area contributed by atoms with Gasteiger partial charge in [0.05, 0.1) is 17.6 Å². The van der Waals surface area contributed by atoms with Crippen LogP contribution < -0.4 is 4.74 Å². The molecule has 0 saturated heterocycles. The van der Waals surface area contributed by atoms with Crippen LogP contribution in [0.2, 0.25) is 0 Å². The average Bonchev–Trinajstić information content (AvgIpc) is 3.04. The number of nitrogens with zero attached hydrogens (tertiary/aromatic N) is 2. The quantitative estimate of drug-likeness (QED) is 0.400. The molecule has 0 spiro atoms. The molecule has 0 radical (unpaired) electrons. The Balaban J connectivity index is 0.00000259. The Morgan fingerprint density at radius 3 is 2.52 bits per heavy atom. The number of amides is 1. The molecule has 6 heteroatoms. The molecule has 0 aliphatic carbocycles. The van der Waals surface area contributed by atoms with Crippen LogP contribution in [-0.2, 0) is 6.54 Å². The van der Waals surface area contributed by atoms with Crippen LogP contribution in [0.3, 0.4) is 0 Å². The fraction of sp³-hybridized carbons (Fsp3) is 0.259. The molecule has 1 aliphatic rings. The number of imidazole rings is 1. The van der Waals surface area contributed by atoms with Gasteiger partial charge in [-0.1, -0.05) is 38.1 Å². The number of carbonyl (C=O) groups is 1. The van der Waals surface area contributed by atoms with E-state index in [4.69, 9.17) is 4.74 Å². The molecule has 170 valence electrons. The summed E-state index contributed by atoms with van der Waals surface area (Å²) >= 11 is 0. The molecule has 1 aliphatic heterocycles. The zero-order valence-corrected chi connectivity index (χ0v) is 19.9. The van der Waals surface area contributed by atoms with Crippen LogP contribution in [0.25, 0.3) is 22.2 Å². The Hall–Kier alpha value is -3.31. The van der Waals surface area contributed by atoms with Crippen molar-refractivity contribution in [2.75, 3.05) is 13.2 Å². The van der Waals surface area contributed by atoms with Crippen molar-refractivity contribution in [2.45, 2.75) is 33.2 Å². The molecule has 1 N–H and O–H groups in total. The third-order valence-electron chi connectivity index (χ3n) is 6.09. The van der Waals surface area contributed by atoms with Crippen molar-refractivity contribution < 1.29 is 9.53 Å². The van der Waals surface area contributed by atoms with E-state index in [-0.39, 0.29) is 18.3 Å². The van der Waals surface area contributed by atoms with Crippen molar-refractivity contribution >= 4 is 29.3 Å². The molecule has 0 fully saturated rings. The van der Waals surface area contributed by atoms with Crippen LogP contribution in [0.4, 0.5) is 0 Å². The SMILES string of the molecule is Cc1nc2ccc(-c3ccc4c(c3)CN(C(=O)c3ccc(C(C)C)cc3)CCO4)cc2[nH]1.Cl. The largest absolute Gasteiger partial charge is 0.491 e. The summed E-state index contributed by atoms with van der Waals surface area (Å²) < 4.78 is 5.97. The third-order valence-corrected chi connectivity index (χ3v) is 6.09. The van der Waals surface area contributed by atoms with Crippen molar-refractivity contribution in [1.29, 1.82) is 0 Å². The minimum atomic E-state index is 0. The van der Waals surface area contributed by atoms with Gasteiger partial charge in [-0.15, -0.1) is 12.4 Å². The lowest BCUT2D eigenvalue weighted by atomic mass is 10.0. The number of benzene rings is 3. The predicted molar refractivity (Wildman–Crippen MR) is 134 cm³/mol. The van der Waals surface area contributed by atoms with Crippen LogP contribution in [0.1, 0.15) is 47.1 Å². The van der Waals surface area contributed by atoms with E-state index >= 15 is 0 Å². The zero-order valence-electron chi connectivity index (χ0n) is 19.1. The lowest BCUT2D eigenvalue weighted by Crippen LogP contribution is -2.32. The summed E-state index contributed by atoms with van der Waals surface area (Å²) in [4.78, 5) is 22.9. The number of H-pyrrole nitrogens is 1. The van der Waals surface area contributed by atoms with E-state index in [2.05, 4.69) is 48.1 Å². The first kappa shape index (κ1) is 22.9. The maximum Gasteiger partial charge on any atom is 0.254 e. The fourth-order valence-corrected chi connectivity index (χ4v) is 4.26. The summed E-state index contributed by atoms with van der Waals surface area (Å²) in [5.74, 6) is 2.23. The molecule has 5 rings (SSSR count). The highest BCUT2D eigenvalue weighted by Gasteiger charge is 2.22. The van der Waals surface area contributed by atoms with Gasteiger partial charge in [-0.05, 0) is 65.9 Å². The second kappa shape index (κ2) is 9.28. The van der Waals surface area contributed by atoms with Gasteiger partial charge in [0.2, 0.25) is 0 Å². The van der Waals surface area contributed by atoms with Gasteiger partial charge in [0.1, 0.15) is 18.2 Å². The second-order valence-corrected chi connectivity index (χ2v) is 8.73. The van der Waals surface area contributed by atoms with Gasteiger partial charge >= 0.3 is 0 Å². The minimum Gasteiger partial charge on any atom is -0.491 e. The van der Waals surface area contributed by atoms with E-state index < -0.39 is 0 Å². The molecular weight excluding hydrogens is 434 g/mol. The molecule has 1 amide bonds. The number of carbonyl (C=O) groups excluding carboxylic acids is 1. The number of ether oxygens (including phenoxy) is 1. The van der Waals surface area contributed by atoms with Crippen LogP contribution in [-0.4, -0.2) is 33.9 Å². The number of rotatable bonds is 3. The van der Waals surface area contributed by atoms with Gasteiger partial charge in [0, 0.05) is 17.7 Å². The van der Waals surface area contributed by atoms with Crippen molar-refractivity contribution in [1.82, 2.24) is 14.9 Å². The monoisotopic (exact) mass is 461 g/mol. The number of aromatic amines is 1. The van der Waals surface area contributed by atoms with E-state index in [1.165, 1.54) is 5.56 Å². The zero-order chi connectivity index (χ0) is 22.2. The van der Waals surface area contributed by atoms with E-state index in [1.807, 2.05) is 48.2 Å². The van der Waals surface area contributed by atoms with E-state index in [0.717, 1.165) is 39.3 Å². The van der Waals surface area contributed by atoms with Crippen LogP contribution >= 0.6 is 12.4 Å². The van der Waals surface area contributed by atoms with Crippen molar-refractivity contribution in [3.05, 3.63) is 83.2 Å². The van der Waals surface area contributed by atoms with Crippen molar-refractivity contribution in [3.63, 3.8) is 0 Å². The summed E-state index contributed by atoms with van der Waals surface area (Å²) in [6.07, 6.45) is 0. The molecule has 1 aromatic heterocycles. The number of nitrogens with one attached hydrogen (secondary N) is 1. The number of halogens is 1. The van der Waals surface area contributed by atoms with Crippen molar-refractivity contribution in [2.24, 2.45) is 0 Å². The molecule has 5 nitrogen and oxygen atoms in total. The standard InChI is InChI=1S/C27H27N3O2.ClH/c1-17(2)19-4-6-20(7-5-19)27(31)30-12-13-32-26-11-9-21(14-23(26)16-30)22-8-10-24-25(15-22)29-18(3)28-24;/h4-11,14-15,17H,12-13,16H2,1-3H3,(H,28,29);1H. The lowest BCUT2D eigenvalue weighted by Gasteiger charge is -2.20. The van der Waals surface area contributed by atoms with Crippen LogP contribution in [0, 0.1) is 6.92 Å². The highest BCUT2D eigenvalue weighted by atomic mass is 35.5. The molecular formula is C27H28ClN3O2. The molecule has 0 unspecified atom stereocenters. The summed E-state index contributed by atoms with van der Waals surface area (Å²) in [7, 11) is 0. The van der Waals surface area contributed by atoms with Gasteiger partial charge in [0.25, 0.3) is 5.91 Å². The van der Waals surface area contributed by atoms with Crippen molar-refractivity contribution in [3.8, 4) is 16.9 Å². The maximum absolute atomic E-state index is 13.2. The normalized spacial score (nSPS) is 13.3. The molecule has 33 heavy (non-hydrogen) atoms. The number of hydrogen-bond acceptors (Lipinski definition) is 3. The highest BCUT2D eigenvalue weighted by molar-refractivity contribution is 5.94. The molecule has 0 saturated carbocycles. The molecule has 4 aromatic rings. The maximum atomic E-state index is 13.2. The molecule has 0 bridgehead atoms. The second-order valence-electron chi connectivity index (χ2n) is 8.73. The van der Waals surface area contributed by atoms with Gasteiger partial charge in [-0.2, -0.15) is 0 Å². The Bertz CT molecular complexity index is 1290. The van der Waals surface area contributed by atoms with Gasteiger partial charge in [0.15, 0.2) is 0 Å².